The molecule has 0 aromatic rings. The van der Waals surface area contributed by atoms with Crippen LogP contribution in [0.25, 0.3) is 0 Å². The summed E-state index contributed by atoms with van der Waals surface area (Å²) in [7, 11) is -5.64. The lowest BCUT2D eigenvalue weighted by Gasteiger charge is -2.40. The van der Waals surface area contributed by atoms with Crippen LogP contribution in [0.4, 0.5) is 0 Å². The van der Waals surface area contributed by atoms with Crippen LogP contribution in [0.5, 0.6) is 0 Å². The van der Waals surface area contributed by atoms with Gasteiger partial charge in [0.15, 0.2) is 0 Å². The number of rotatable bonds is 12. The standard InChI is InChI=1S/C17H32O5S2/c1-3-5-7-8-9-17(19)15-23(13-10-16(18)11-14-23)22-24(20,21)12-6-4-2/h3-15H2,1-2H3. The fourth-order valence-electron chi connectivity index (χ4n) is 2.75. The van der Waals surface area contributed by atoms with E-state index in [0.29, 0.717) is 37.2 Å². The molecule has 0 amide bonds. The number of carbonyl (C=O) groups is 2. The van der Waals surface area contributed by atoms with Gasteiger partial charge in [0.05, 0.1) is 11.5 Å². The summed E-state index contributed by atoms with van der Waals surface area (Å²) in [6.07, 6.45) is 6.60. The van der Waals surface area contributed by atoms with Crippen LogP contribution in [0.2, 0.25) is 0 Å². The molecule has 0 radical (unpaired) electrons. The maximum absolute atomic E-state index is 12.3. The first-order valence-corrected chi connectivity index (χ1v) is 12.7. The summed E-state index contributed by atoms with van der Waals surface area (Å²) in [5.41, 5.74) is 0. The van der Waals surface area contributed by atoms with E-state index >= 15 is 0 Å². The lowest BCUT2D eigenvalue weighted by Crippen LogP contribution is -2.31. The molecule has 0 saturated carbocycles. The van der Waals surface area contributed by atoms with Gasteiger partial charge in [-0.3, -0.25) is 9.59 Å². The van der Waals surface area contributed by atoms with Crippen molar-refractivity contribution in [3.8, 4) is 0 Å². The first kappa shape index (κ1) is 21.6. The van der Waals surface area contributed by atoms with Crippen molar-refractivity contribution in [1.29, 1.82) is 0 Å². The minimum Gasteiger partial charge on any atom is -0.300 e. The van der Waals surface area contributed by atoms with Crippen molar-refractivity contribution in [1.82, 2.24) is 0 Å². The minimum atomic E-state index is -3.62. The van der Waals surface area contributed by atoms with Gasteiger partial charge in [-0.2, -0.15) is 8.42 Å². The molecule has 24 heavy (non-hydrogen) atoms. The van der Waals surface area contributed by atoms with Crippen molar-refractivity contribution in [2.24, 2.45) is 0 Å². The molecule has 1 saturated heterocycles. The first-order valence-electron chi connectivity index (χ1n) is 9.06. The van der Waals surface area contributed by atoms with Crippen molar-refractivity contribution in [3.05, 3.63) is 0 Å². The van der Waals surface area contributed by atoms with Gasteiger partial charge in [0, 0.05) is 30.8 Å². The van der Waals surface area contributed by atoms with Crippen LogP contribution in [0.15, 0.2) is 0 Å². The Morgan fingerprint density at radius 3 is 2.25 bits per heavy atom. The molecular formula is C17H32O5S2. The predicted molar refractivity (Wildman–Crippen MR) is 100.0 cm³/mol. The summed E-state index contributed by atoms with van der Waals surface area (Å²) in [5.74, 6) is 1.24. The van der Waals surface area contributed by atoms with E-state index in [1.54, 1.807) is 0 Å². The molecule has 0 aliphatic carbocycles. The van der Waals surface area contributed by atoms with Crippen molar-refractivity contribution in [2.45, 2.75) is 71.6 Å². The number of Topliss-reactive ketones (excluding diaryl/α,β-unsaturated/α-hetero) is 2. The molecule has 0 N–H and O–H groups in total. The van der Waals surface area contributed by atoms with Gasteiger partial charge >= 0.3 is 0 Å². The Morgan fingerprint density at radius 2 is 1.67 bits per heavy atom. The second-order valence-electron chi connectivity index (χ2n) is 6.59. The third-order valence-electron chi connectivity index (χ3n) is 4.23. The zero-order valence-electron chi connectivity index (χ0n) is 15.1. The van der Waals surface area contributed by atoms with Crippen molar-refractivity contribution in [2.75, 3.05) is 23.0 Å². The molecule has 7 heteroatoms. The summed E-state index contributed by atoms with van der Waals surface area (Å²) in [6.45, 7) is 4.05. The Morgan fingerprint density at radius 1 is 1.04 bits per heavy atom. The van der Waals surface area contributed by atoms with Crippen LogP contribution in [0.3, 0.4) is 0 Å². The highest BCUT2D eigenvalue weighted by Crippen LogP contribution is 2.54. The zero-order valence-corrected chi connectivity index (χ0v) is 16.7. The Kier molecular flexibility index (Phi) is 9.52. The number of carbonyl (C=O) groups excluding carboxylic acids is 2. The predicted octanol–water partition coefficient (Wildman–Crippen LogP) is 3.75. The molecule has 1 fully saturated rings. The molecule has 1 heterocycles. The molecule has 0 bridgehead atoms. The third kappa shape index (κ3) is 8.12. The molecule has 1 rings (SSSR count). The Bertz CT molecular complexity index is 503. The van der Waals surface area contributed by atoms with Gasteiger partial charge in [0.25, 0.3) is 10.1 Å². The quantitative estimate of drug-likeness (QED) is 0.482. The van der Waals surface area contributed by atoms with E-state index in [9.17, 15) is 18.0 Å². The average Bonchev–Trinajstić information content (AvgIpc) is 2.52. The Labute approximate surface area is 148 Å². The smallest absolute Gasteiger partial charge is 0.276 e. The first-order chi connectivity index (χ1) is 11.3. The van der Waals surface area contributed by atoms with Crippen molar-refractivity contribution in [3.63, 3.8) is 0 Å². The summed E-state index contributed by atoms with van der Waals surface area (Å²) < 4.78 is 30.1. The van der Waals surface area contributed by atoms with Gasteiger partial charge in [-0.15, -0.1) is 10.3 Å². The number of unbranched alkanes of at least 4 members (excludes halogenated alkanes) is 4. The van der Waals surface area contributed by atoms with Crippen LogP contribution in [0.1, 0.15) is 71.6 Å². The fraction of sp³-hybridized carbons (Fsp3) is 0.882. The van der Waals surface area contributed by atoms with E-state index in [-0.39, 0.29) is 23.1 Å². The normalized spacial score (nSPS) is 19.2. The largest absolute Gasteiger partial charge is 0.300 e. The van der Waals surface area contributed by atoms with E-state index in [0.717, 1.165) is 32.1 Å². The van der Waals surface area contributed by atoms with Crippen LogP contribution in [-0.2, 0) is 23.3 Å². The van der Waals surface area contributed by atoms with E-state index in [4.69, 9.17) is 3.63 Å². The molecule has 142 valence electrons. The van der Waals surface area contributed by atoms with E-state index in [1.165, 1.54) is 0 Å². The topological polar surface area (TPSA) is 77.5 Å². The second-order valence-corrected chi connectivity index (χ2v) is 11.7. The van der Waals surface area contributed by atoms with E-state index in [1.807, 2.05) is 6.92 Å². The SMILES string of the molecule is CCCCCCC(=O)CS1(OS(=O)(=O)CCCC)CCC(=O)CC1. The molecule has 0 unspecified atom stereocenters. The highest BCUT2D eigenvalue weighted by atomic mass is 32.3. The van der Waals surface area contributed by atoms with Crippen LogP contribution >= 0.6 is 10.3 Å². The van der Waals surface area contributed by atoms with Gasteiger partial charge in [-0.25, -0.2) is 3.63 Å². The average molecular weight is 381 g/mol. The fourth-order valence-corrected chi connectivity index (χ4v) is 8.59. The van der Waals surface area contributed by atoms with E-state index in [2.05, 4.69) is 6.92 Å². The van der Waals surface area contributed by atoms with Crippen LogP contribution in [0, 0.1) is 0 Å². The minimum absolute atomic E-state index is 0.00309. The second kappa shape index (κ2) is 10.6. The number of hydrogen-bond acceptors (Lipinski definition) is 5. The van der Waals surface area contributed by atoms with Gasteiger partial charge in [-0.1, -0.05) is 39.5 Å². The van der Waals surface area contributed by atoms with Gasteiger partial charge in [0.2, 0.25) is 0 Å². The van der Waals surface area contributed by atoms with Gasteiger partial charge in [0.1, 0.15) is 11.6 Å². The Hall–Kier alpha value is -0.400. The number of ketones is 2. The Balaban J connectivity index is 2.69. The molecule has 0 aromatic heterocycles. The molecule has 1 aliphatic rings. The zero-order chi connectivity index (χ0) is 18.1. The molecule has 5 nitrogen and oxygen atoms in total. The molecule has 0 atom stereocenters. The monoisotopic (exact) mass is 380 g/mol. The highest BCUT2D eigenvalue weighted by molar-refractivity contribution is 8.33. The lowest BCUT2D eigenvalue weighted by molar-refractivity contribution is -0.119. The molecule has 1 aliphatic heterocycles. The maximum Gasteiger partial charge on any atom is 0.276 e. The molecule has 0 spiro atoms. The maximum atomic E-state index is 12.3. The summed E-state index contributed by atoms with van der Waals surface area (Å²) in [5, 5.41) is 0. The third-order valence-corrected chi connectivity index (χ3v) is 9.75. The summed E-state index contributed by atoms with van der Waals surface area (Å²) >= 11 is 0. The lowest BCUT2D eigenvalue weighted by atomic mass is 10.1. The highest BCUT2D eigenvalue weighted by Gasteiger charge is 2.36. The molecule has 0 aromatic carbocycles. The number of hydrogen-bond donors (Lipinski definition) is 0. The van der Waals surface area contributed by atoms with Crippen LogP contribution in [-0.4, -0.2) is 43.0 Å². The van der Waals surface area contributed by atoms with Gasteiger partial charge < -0.3 is 0 Å². The molecular weight excluding hydrogens is 348 g/mol. The van der Waals surface area contributed by atoms with Crippen LogP contribution < -0.4 is 0 Å². The van der Waals surface area contributed by atoms with Gasteiger partial charge in [-0.05, 0) is 12.8 Å². The summed E-state index contributed by atoms with van der Waals surface area (Å²) in [6, 6.07) is 0. The van der Waals surface area contributed by atoms with Crippen molar-refractivity contribution >= 4 is 32.0 Å². The van der Waals surface area contributed by atoms with Crippen molar-refractivity contribution < 1.29 is 21.6 Å². The summed E-state index contributed by atoms with van der Waals surface area (Å²) in [4.78, 5) is 23.9. The van der Waals surface area contributed by atoms with E-state index < -0.39 is 20.4 Å².